The summed E-state index contributed by atoms with van der Waals surface area (Å²) in [5.41, 5.74) is 2.34. The van der Waals surface area contributed by atoms with Crippen LogP contribution in [0.25, 0.3) is 10.2 Å². The summed E-state index contributed by atoms with van der Waals surface area (Å²) < 4.78 is 1.28. The largest absolute Gasteiger partial charge is 0.255 e. The first kappa shape index (κ1) is 9.20. The number of rotatable bonds is 0. The minimum absolute atomic E-state index is 1.11. The standard InChI is InChI=1S/C8H7NS.C2H6/c1-6-4-8-7(9-5-6)2-3-10-8;1-2/h2-5H,1H3;1-2H3. The second-order valence-electron chi connectivity index (χ2n) is 2.32. The average molecular weight is 179 g/mol. The van der Waals surface area contributed by atoms with Crippen molar-refractivity contribution in [3.8, 4) is 0 Å². The Morgan fingerprint density at radius 2 is 2.08 bits per heavy atom. The van der Waals surface area contributed by atoms with Gasteiger partial charge in [-0.3, -0.25) is 4.98 Å². The van der Waals surface area contributed by atoms with Crippen LogP contribution in [-0.2, 0) is 0 Å². The minimum atomic E-state index is 1.11. The third-order valence-electron chi connectivity index (χ3n) is 1.44. The lowest BCUT2D eigenvalue weighted by Gasteiger charge is -1.89. The molecule has 0 saturated carbocycles. The highest BCUT2D eigenvalue weighted by Gasteiger charge is 1.93. The second kappa shape index (κ2) is 4.21. The van der Waals surface area contributed by atoms with Crippen molar-refractivity contribution >= 4 is 21.6 Å². The van der Waals surface area contributed by atoms with Gasteiger partial charge in [-0.15, -0.1) is 11.3 Å². The molecule has 2 rings (SSSR count). The average Bonchev–Trinajstić information content (AvgIpc) is 2.54. The summed E-state index contributed by atoms with van der Waals surface area (Å²) in [5, 5.41) is 2.07. The Kier molecular flexibility index (Phi) is 3.23. The zero-order chi connectivity index (χ0) is 8.97. The van der Waals surface area contributed by atoms with Crippen molar-refractivity contribution in [2.45, 2.75) is 20.8 Å². The van der Waals surface area contributed by atoms with E-state index < -0.39 is 0 Å². The van der Waals surface area contributed by atoms with Gasteiger partial charge in [-0.25, -0.2) is 0 Å². The van der Waals surface area contributed by atoms with Gasteiger partial charge in [0.05, 0.1) is 10.2 Å². The van der Waals surface area contributed by atoms with Gasteiger partial charge in [-0.1, -0.05) is 13.8 Å². The van der Waals surface area contributed by atoms with Gasteiger partial charge in [0.2, 0.25) is 0 Å². The lowest BCUT2D eigenvalue weighted by atomic mass is 10.3. The Morgan fingerprint density at radius 1 is 1.33 bits per heavy atom. The maximum absolute atomic E-state index is 4.25. The first-order chi connectivity index (χ1) is 5.86. The Balaban J connectivity index is 0.000000336. The fraction of sp³-hybridized carbons (Fsp3) is 0.300. The molecule has 0 aliphatic heterocycles. The van der Waals surface area contributed by atoms with Crippen molar-refractivity contribution < 1.29 is 0 Å². The number of hydrogen-bond acceptors (Lipinski definition) is 2. The fourth-order valence-electron chi connectivity index (χ4n) is 0.944. The summed E-state index contributed by atoms with van der Waals surface area (Å²) in [6, 6.07) is 4.20. The molecule has 0 unspecified atom stereocenters. The zero-order valence-electron chi connectivity index (χ0n) is 7.66. The molecule has 0 aliphatic rings. The molecule has 2 heteroatoms. The normalized spacial score (nSPS) is 9.25. The van der Waals surface area contributed by atoms with Crippen LogP contribution in [-0.4, -0.2) is 4.98 Å². The van der Waals surface area contributed by atoms with Crippen LogP contribution in [0.15, 0.2) is 23.7 Å². The Hall–Kier alpha value is -0.890. The van der Waals surface area contributed by atoms with Crippen LogP contribution in [0.4, 0.5) is 0 Å². The van der Waals surface area contributed by atoms with Crippen molar-refractivity contribution in [2.75, 3.05) is 0 Å². The summed E-state index contributed by atoms with van der Waals surface area (Å²) >= 11 is 1.74. The third kappa shape index (κ3) is 1.83. The zero-order valence-corrected chi connectivity index (χ0v) is 8.48. The molecular weight excluding hydrogens is 166 g/mol. The molecule has 0 fully saturated rings. The van der Waals surface area contributed by atoms with Crippen molar-refractivity contribution in [3.05, 3.63) is 29.3 Å². The number of fused-ring (bicyclic) bond motifs is 1. The van der Waals surface area contributed by atoms with Gasteiger partial charge in [-0.05, 0) is 30.0 Å². The van der Waals surface area contributed by atoms with Crippen LogP contribution in [0.5, 0.6) is 0 Å². The molecule has 0 bridgehead atoms. The van der Waals surface area contributed by atoms with E-state index in [0.29, 0.717) is 0 Å². The second-order valence-corrected chi connectivity index (χ2v) is 3.26. The highest BCUT2D eigenvalue weighted by Crippen LogP contribution is 2.18. The Bertz CT molecular complexity index is 351. The van der Waals surface area contributed by atoms with E-state index in [9.17, 15) is 0 Å². The van der Waals surface area contributed by atoms with E-state index in [1.807, 2.05) is 26.1 Å². The van der Waals surface area contributed by atoms with Gasteiger partial charge in [0, 0.05) is 6.20 Å². The molecule has 0 N–H and O–H groups in total. The molecule has 2 aromatic heterocycles. The Morgan fingerprint density at radius 3 is 2.83 bits per heavy atom. The molecule has 64 valence electrons. The molecule has 2 aromatic rings. The summed E-state index contributed by atoms with van der Waals surface area (Å²) in [6.07, 6.45) is 1.90. The minimum Gasteiger partial charge on any atom is -0.255 e. The predicted octanol–water partition coefficient (Wildman–Crippen LogP) is 3.63. The number of hydrogen-bond donors (Lipinski definition) is 0. The van der Waals surface area contributed by atoms with Crippen LogP contribution >= 0.6 is 11.3 Å². The topological polar surface area (TPSA) is 12.9 Å². The fourth-order valence-corrected chi connectivity index (χ4v) is 1.78. The summed E-state index contributed by atoms with van der Waals surface area (Å²) in [4.78, 5) is 4.25. The van der Waals surface area contributed by atoms with Gasteiger partial charge in [-0.2, -0.15) is 0 Å². The van der Waals surface area contributed by atoms with Crippen LogP contribution in [0.2, 0.25) is 0 Å². The van der Waals surface area contributed by atoms with Gasteiger partial charge >= 0.3 is 0 Å². The first-order valence-electron chi connectivity index (χ1n) is 4.16. The maximum Gasteiger partial charge on any atom is 0.0809 e. The number of aromatic nitrogens is 1. The molecule has 0 spiro atoms. The number of pyridine rings is 1. The van der Waals surface area contributed by atoms with Crippen LogP contribution in [0.1, 0.15) is 19.4 Å². The molecule has 1 nitrogen and oxygen atoms in total. The predicted molar refractivity (Wildman–Crippen MR) is 55.7 cm³/mol. The quantitative estimate of drug-likeness (QED) is 0.601. The van der Waals surface area contributed by atoms with Gasteiger partial charge in [0.1, 0.15) is 0 Å². The number of aryl methyl sites for hydroxylation is 1. The third-order valence-corrected chi connectivity index (χ3v) is 2.29. The van der Waals surface area contributed by atoms with Crippen LogP contribution in [0.3, 0.4) is 0 Å². The molecular formula is C10H13NS. The van der Waals surface area contributed by atoms with Crippen molar-refractivity contribution in [1.82, 2.24) is 4.98 Å². The summed E-state index contributed by atoms with van der Waals surface area (Å²) in [6.45, 7) is 6.06. The highest BCUT2D eigenvalue weighted by atomic mass is 32.1. The monoisotopic (exact) mass is 179 g/mol. The lowest BCUT2D eigenvalue weighted by molar-refractivity contribution is 1.34. The van der Waals surface area contributed by atoms with E-state index in [-0.39, 0.29) is 0 Å². The van der Waals surface area contributed by atoms with Gasteiger partial charge < -0.3 is 0 Å². The summed E-state index contributed by atoms with van der Waals surface area (Å²) in [5.74, 6) is 0. The smallest absolute Gasteiger partial charge is 0.0809 e. The first-order valence-corrected chi connectivity index (χ1v) is 5.04. The highest BCUT2D eigenvalue weighted by molar-refractivity contribution is 7.17. The van der Waals surface area contributed by atoms with Gasteiger partial charge in [0.25, 0.3) is 0 Å². The van der Waals surface area contributed by atoms with Crippen molar-refractivity contribution in [2.24, 2.45) is 0 Å². The molecule has 0 saturated heterocycles. The van der Waals surface area contributed by atoms with Crippen LogP contribution < -0.4 is 0 Å². The molecule has 0 atom stereocenters. The lowest BCUT2D eigenvalue weighted by Crippen LogP contribution is -1.73. The SMILES string of the molecule is CC.Cc1cnc2ccsc2c1. The van der Waals surface area contributed by atoms with Crippen molar-refractivity contribution in [1.29, 1.82) is 0 Å². The maximum atomic E-state index is 4.25. The molecule has 0 aliphatic carbocycles. The molecule has 2 heterocycles. The Labute approximate surface area is 77.1 Å². The van der Waals surface area contributed by atoms with Gasteiger partial charge in [0.15, 0.2) is 0 Å². The van der Waals surface area contributed by atoms with E-state index >= 15 is 0 Å². The molecule has 0 radical (unpaired) electrons. The van der Waals surface area contributed by atoms with Crippen molar-refractivity contribution in [3.63, 3.8) is 0 Å². The van der Waals surface area contributed by atoms with Crippen LogP contribution in [0, 0.1) is 6.92 Å². The van der Waals surface area contributed by atoms with E-state index in [4.69, 9.17) is 0 Å². The molecule has 0 aromatic carbocycles. The number of nitrogens with zero attached hydrogens (tertiary/aromatic N) is 1. The van der Waals surface area contributed by atoms with E-state index in [0.717, 1.165) is 5.52 Å². The molecule has 0 amide bonds. The van der Waals surface area contributed by atoms with E-state index in [1.165, 1.54) is 10.3 Å². The van der Waals surface area contributed by atoms with E-state index in [2.05, 4.69) is 23.4 Å². The molecule has 12 heavy (non-hydrogen) atoms. The van der Waals surface area contributed by atoms with E-state index in [1.54, 1.807) is 11.3 Å². The summed E-state index contributed by atoms with van der Waals surface area (Å²) in [7, 11) is 0. The number of thiophene rings is 1.